The van der Waals surface area contributed by atoms with Crippen molar-refractivity contribution in [2.45, 2.75) is 37.8 Å². The Hall–Kier alpha value is -1.88. The van der Waals surface area contributed by atoms with E-state index in [-0.39, 0.29) is 11.4 Å². The Labute approximate surface area is 128 Å². The van der Waals surface area contributed by atoms with E-state index in [0.29, 0.717) is 5.02 Å². The van der Waals surface area contributed by atoms with Crippen LogP contribution < -0.4 is 5.32 Å². The molecule has 1 fully saturated rings. The minimum absolute atomic E-state index is 0.0693. The van der Waals surface area contributed by atoms with Gasteiger partial charge in [0.15, 0.2) is 0 Å². The summed E-state index contributed by atoms with van der Waals surface area (Å²) < 4.78 is 1.55. The predicted molar refractivity (Wildman–Crippen MR) is 79.9 cm³/mol. The topological polar surface area (TPSA) is 59.8 Å². The van der Waals surface area contributed by atoms with Crippen LogP contribution in [0, 0.1) is 0 Å². The third kappa shape index (κ3) is 2.53. The number of halogens is 1. The minimum atomic E-state index is -0.396. The molecule has 0 bridgehead atoms. The highest BCUT2D eigenvalue weighted by molar-refractivity contribution is 6.31. The van der Waals surface area contributed by atoms with Gasteiger partial charge in [-0.2, -0.15) is 5.10 Å². The van der Waals surface area contributed by atoms with Crippen LogP contribution in [0.5, 0.6) is 0 Å². The zero-order valence-electron chi connectivity index (χ0n) is 11.8. The van der Waals surface area contributed by atoms with E-state index in [1.54, 1.807) is 11.0 Å². The van der Waals surface area contributed by atoms with Crippen molar-refractivity contribution in [3.05, 3.63) is 47.5 Å². The van der Waals surface area contributed by atoms with Crippen molar-refractivity contribution in [1.29, 1.82) is 0 Å². The molecule has 0 saturated heterocycles. The highest BCUT2D eigenvalue weighted by atomic mass is 35.5. The SMILES string of the molecule is CC(C(=O)NC1(c2ccccc2Cl)CCC1)n1cncn1. The fourth-order valence-corrected chi connectivity index (χ4v) is 3.04. The molecule has 0 radical (unpaired) electrons. The Kier molecular flexibility index (Phi) is 3.68. The van der Waals surface area contributed by atoms with Gasteiger partial charge in [0, 0.05) is 5.02 Å². The molecule has 1 heterocycles. The molecule has 3 rings (SSSR count). The van der Waals surface area contributed by atoms with Gasteiger partial charge in [0.25, 0.3) is 0 Å². The van der Waals surface area contributed by atoms with Crippen LogP contribution in [0.25, 0.3) is 0 Å². The lowest BCUT2D eigenvalue weighted by molar-refractivity contribution is -0.127. The Morgan fingerprint density at radius 1 is 1.43 bits per heavy atom. The molecule has 1 amide bonds. The second kappa shape index (κ2) is 5.48. The average Bonchev–Trinajstić information content (AvgIpc) is 2.97. The summed E-state index contributed by atoms with van der Waals surface area (Å²) in [7, 11) is 0. The van der Waals surface area contributed by atoms with E-state index in [2.05, 4.69) is 15.4 Å². The first kappa shape index (κ1) is 14.1. The number of carbonyl (C=O) groups is 1. The lowest BCUT2D eigenvalue weighted by Gasteiger charge is -2.44. The van der Waals surface area contributed by atoms with Gasteiger partial charge in [-0.1, -0.05) is 29.8 Å². The highest BCUT2D eigenvalue weighted by Gasteiger charge is 2.42. The molecule has 5 nitrogen and oxygen atoms in total. The predicted octanol–water partition coefficient (Wildman–Crippen LogP) is 2.69. The molecule has 1 saturated carbocycles. The van der Waals surface area contributed by atoms with Gasteiger partial charge in [-0.15, -0.1) is 0 Å². The molecule has 0 spiro atoms. The summed E-state index contributed by atoms with van der Waals surface area (Å²) >= 11 is 6.31. The van der Waals surface area contributed by atoms with E-state index in [4.69, 9.17) is 11.6 Å². The zero-order valence-corrected chi connectivity index (χ0v) is 12.5. The molecule has 1 unspecified atom stereocenters. The Bertz CT molecular complexity index is 637. The molecule has 110 valence electrons. The quantitative estimate of drug-likeness (QED) is 0.944. The first-order valence-corrected chi connectivity index (χ1v) is 7.41. The van der Waals surface area contributed by atoms with Crippen molar-refractivity contribution in [2.75, 3.05) is 0 Å². The summed E-state index contributed by atoms with van der Waals surface area (Å²) in [6.07, 6.45) is 5.88. The van der Waals surface area contributed by atoms with Crippen LogP contribution >= 0.6 is 11.6 Å². The molecule has 21 heavy (non-hydrogen) atoms. The molecule has 1 aliphatic carbocycles. The van der Waals surface area contributed by atoms with Gasteiger partial charge in [0.05, 0.1) is 5.54 Å². The highest BCUT2D eigenvalue weighted by Crippen LogP contribution is 2.44. The van der Waals surface area contributed by atoms with Gasteiger partial charge >= 0.3 is 0 Å². The van der Waals surface area contributed by atoms with E-state index in [1.807, 2.05) is 31.2 Å². The summed E-state index contributed by atoms with van der Waals surface area (Å²) in [5.74, 6) is -0.0693. The monoisotopic (exact) mass is 304 g/mol. The summed E-state index contributed by atoms with van der Waals surface area (Å²) in [5.41, 5.74) is 0.654. The summed E-state index contributed by atoms with van der Waals surface area (Å²) in [6, 6.07) is 7.31. The van der Waals surface area contributed by atoms with Gasteiger partial charge in [-0.3, -0.25) is 4.79 Å². The Morgan fingerprint density at radius 2 is 2.19 bits per heavy atom. The number of carbonyl (C=O) groups excluding carboxylic acids is 1. The second-order valence-corrected chi connectivity index (χ2v) is 5.86. The van der Waals surface area contributed by atoms with Crippen molar-refractivity contribution in [3.8, 4) is 0 Å². The van der Waals surface area contributed by atoms with E-state index >= 15 is 0 Å². The summed E-state index contributed by atoms with van der Waals surface area (Å²) in [4.78, 5) is 16.4. The normalized spacial score (nSPS) is 17.8. The largest absolute Gasteiger partial charge is 0.345 e. The van der Waals surface area contributed by atoms with Crippen LogP contribution in [-0.4, -0.2) is 20.7 Å². The van der Waals surface area contributed by atoms with E-state index in [9.17, 15) is 4.79 Å². The molecular weight excluding hydrogens is 288 g/mol. The number of benzene rings is 1. The number of nitrogens with zero attached hydrogens (tertiary/aromatic N) is 3. The molecule has 6 heteroatoms. The molecule has 0 aliphatic heterocycles. The lowest BCUT2D eigenvalue weighted by Crippen LogP contribution is -2.52. The third-order valence-electron chi connectivity index (χ3n) is 4.17. The number of rotatable bonds is 4. The smallest absolute Gasteiger partial charge is 0.245 e. The van der Waals surface area contributed by atoms with E-state index < -0.39 is 6.04 Å². The first-order valence-electron chi connectivity index (χ1n) is 7.03. The molecule has 2 aromatic rings. The number of hydrogen-bond acceptors (Lipinski definition) is 3. The van der Waals surface area contributed by atoms with E-state index in [1.165, 1.54) is 6.33 Å². The van der Waals surface area contributed by atoms with Crippen molar-refractivity contribution >= 4 is 17.5 Å². The zero-order chi connectivity index (χ0) is 14.9. The molecule has 1 aromatic carbocycles. The Morgan fingerprint density at radius 3 is 2.76 bits per heavy atom. The maximum atomic E-state index is 12.5. The summed E-state index contributed by atoms with van der Waals surface area (Å²) in [6.45, 7) is 1.81. The maximum absolute atomic E-state index is 12.5. The standard InChI is InChI=1S/C15H17ClN4O/c1-11(20-10-17-9-18-20)14(21)19-15(7-4-8-15)12-5-2-3-6-13(12)16/h2-3,5-6,9-11H,4,7-8H2,1H3,(H,19,21). The van der Waals surface area contributed by atoms with Crippen LogP contribution in [0.3, 0.4) is 0 Å². The van der Waals surface area contributed by atoms with Crippen molar-refractivity contribution in [3.63, 3.8) is 0 Å². The number of amides is 1. The molecule has 1 N–H and O–H groups in total. The van der Waals surface area contributed by atoms with Gasteiger partial charge < -0.3 is 5.32 Å². The van der Waals surface area contributed by atoms with Gasteiger partial charge in [0.1, 0.15) is 18.7 Å². The van der Waals surface area contributed by atoms with Gasteiger partial charge in [-0.05, 0) is 37.8 Å². The molecular formula is C15H17ClN4O. The first-order chi connectivity index (χ1) is 10.1. The van der Waals surface area contributed by atoms with Crippen molar-refractivity contribution in [2.24, 2.45) is 0 Å². The Balaban J connectivity index is 1.82. The lowest BCUT2D eigenvalue weighted by atomic mass is 9.71. The number of aromatic nitrogens is 3. The van der Waals surface area contributed by atoms with Crippen LogP contribution in [0.1, 0.15) is 37.8 Å². The second-order valence-electron chi connectivity index (χ2n) is 5.46. The van der Waals surface area contributed by atoms with Crippen LogP contribution in [0.15, 0.2) is 36.9 Å². The molecule has 1 atom stereocenters. The maximum Gasteiger partial charge on any atom is 0.245 e. The van der Waals surface area contributed by atoms with Gasteiger partial charge in [0.2, 0.25) is 5.91 Å². The van der Waals surface area contributed by atoms with Crippen LogP contribution in [0.4, 0.5) is 0 Å². The molecule has 1 aromatic heterocycles. The average molecular weight is 305 g/mol. The van der Waals surface area contributed by atoms with Crippen LogP contribution in [0.2, 0.25) is 5.02 Å². The van der Waals surface area contributed by atoms with Crippen molar-refractivity contribution < 1.29 is 4.79 Å². The number of nitrogens with one attached hydrogen (secondary N) is 1. The van der Waals surface area contributed by atoms with E-state index in [0.717, 1.165) is 24.8 Å². The van der Waals surface area contributed by atoms with Crippen LogP contribution in [-0.2, 0) is 10.3 Å². The third-order valence-corrected chi connectivity index (χ3v) is 4.50. The van der Waals surface area contributed by atoms with Crippen molar-refractivity contribution in [1.82, 2.24) is 20.1 Å². The fraction of sp³-hybridized carbons (Fsp3) is 0.400. The minimum Gasteiger partial charge on any atom is -0.345 e. The number of hydrogen-bond donors (Lipinski definition) is 1. The summed E-state index contributed by atoms with van der Waals surface area (Å²) in [5, 5.41) is 7.88. The fourth-order valence-electron chi connectivity index (χ4n) is 2.72. The molecule has 1 aliphatic rings. The van der Waals surface area contributed by atoms with Gasteiger partial charge in [-0.25, -0.2) is 9.67 Å².